The second-order valence-electron chi connectivity index (χ2n) is 4.03. The highest BCUT2D eigenvalue weighted by Gasteiger charge is 2.14. The van der Waals surface area contributed by atoms with Crippen molar-refractivity contribution < 1.29 is 13.6 Å². The number of nitrogens with zero attached hydrogens (tertiary/aromatic N) is 1. The molecule has 5 nitrogen and oxygen atoms in total. The van der Waals surface area contributed by atoms with Crippen molar-refractivity contribution in [2.24, 2.45) is 10.9 Å². The number of hydrogen-bond donors (Lipinski definition) is 2. The standard InChI is InChI=1S/C12H18N2O3S3/c1-3-18-9-5-4-6-10(11(9)12(13)14-15)19-7-8-20(2,16)17/h4-6,15H,3,7-8H2,1-2H3,(H2,13,14). The van der Waals surface area contributed by atoms with Crippen molar-refractivity contribution >= 4 is 39.2 Å². The lowest BCUT2D eigenvalue weighted by Gasteiger charge is -2.12. The predicted molar refractivity (Wildman–Crippen MR) is 85.8 cm³/mol. The zero-order valence-electron chi connectivity index (χ0n) is 11.4. The number of amidine groups is 1. The van der Waals surface area contributed by atoms with E-state index in [2.05, 4.69) is 5.16 Å². The summed E-state index contributed by atoms with van der Waals surface area (Å²) in [6.07, 6.45) is 1.21. The van der Waals surface area contributed by atoms with E-state index in [0.717, 1.165) is 15.5 Å². The van der Waals surface area contributed by atoms with Crippen molar-refractivity contribution in [2.45, 2.75) is 16.7 Å². The van der Waals surface area contributed by atoms with Crippen molar-refractivity contribution in [1.82, 2.24) is 0 Å². The molecule has 0 fully saturated rings. The molecule has 8 heteroatoms. The van der Waals surface area contributed by atoms with Crippen molar-refractivity contribution in [2.75, 3.05) is 23.5 Å². The normalized spacial score (nSPS) is 12.6. The SMILES string of the molecule is CCSc1cccc(SCCS(C)(=O)=O)c1/C(N)=N/O. The number of rotatable bonds is 7. The maximum atomic E-state index is 11.2. The van der Waals surface area contributed by atoms with Gasteiger partial charge in [-0.15, -0.1) is 23.5 Å². The van der Waals surface area contributed by atoms with Gasteiger partial charge < -0.3 is 10.9 Å². The van der Waals surface area contributed by atoms with Gasteiger partial charge >= 0.3 is 0 Å². The molecule has 0 radical (unpaired) electrons. The number of hydrogen-bond acceptors (Lipinski definition) is 6. The van der Waals surface area contributed by atoms with Crippen LogP contribution in [0, 0.1) is 0 Å². The van der Waals surface area contributed by atoms with Crippen LogP contribution in [0.5, 0.6) is 0 Å². The van der Waals surface area contributed by atoms with E-state index in [4.69, 9.17) is 10.9 Å². The fourth-order valence-electron chi connectivity index (χ4n) is 1.51. The summed E-state index contributed by atoms with van der Waals surface area (Å²) in [6, 6.07) is 5.64. The van der Waals surface area contributed by atoms with Crippen LogP contribution in [0.2, 0.25) is 0 Å². The Kier molecular flexibility index (Phi) is 6.70. The quantitative estimate of drug-likeness (QED) is 0.261. The van der Waals surface area contributed by atoms with Gasteiger partial charge in [0.1, 0.15) is 9.84 Å². The highest BCUT2D eigenvalue weighted by molar-refractivity contribution is 8.01. The first-order chi connectivity index (χ1) is 9.39. The molecule has 0 aromatic heterocycles. The molecule has 0 aliphatic heterocycles. The first-order valence-electron chi connectivity index (χ1n) is 5.93. The van der Waals surface area contributed by atoms with Gasteiger partial charge in [-0.2, -0.15) is 0 Å². The average molecular weight is 334 g/mol. The van der Waals surface area contributed by atoms with Gasteiger partial charge in [0.05, 0.1) is 5.75 Å². The Morgan fingerprint density at radius 3 is 2.45 bits per heavy atom. The van der Waals surface area contributed by atoms with Gasteiger partial charge in [-0.25, -0.2) is 8.42 Å². The van der Waals surface area contributed by atoms with Crippen molar-refractivity contribution in [1.29, 1.82) is 0 Å². The Bertz CT molecular complexity index is 586. The molecule has 0 saturated heterocycles. The predicted octanol–water partition coefficient (Wildman–Crippen LogP) is 2.03. The van der Waals surface area contributed by atoms with Crippen LogP contribution < -0.4 is 5.73 Å². The van der Waals surface area contributed by atoms with Crippen molar-refractivity contribution in [3.05, 3.63) is 23.8 Å². The smallest absolute Gasteiger partial charge is 0.172 e. The van der Waals surface area contributed by atoms with Crippen LogP contribution in [0.15, 0.2) is 33.1 Å². The van der Waals surface area contributed by atoms with Crippen LogP contribution >= 0.6 is 23.5 Å². The summed E-state index contributed by atoms with van der Waals surface area (Å²) >= 11 is 2.99. The lowest BCUT2D eigenvalue weighted by Crippen LogP contribution is -2.16. The van der Waals surface area contributed by atoms with Crippen LogP contribution in [0.3, 0.4) is 0 Å². The third-order valence-electron chi connectivity index (χ3n) is 2.36. The second-order valence-corrected chi connectivity index (χ2v) is 8.73. The molecule has 0 bridgehead atoms. The molecule has 0 spiro atoms. The van der Waals surface area contributed by atoms with Crippen LogP contribution in [-0.4, -0.2) is 43.0 Å². The minimum atomic E-state index is -2.99. The van der Waals surface area contributed by atoms with E-state index in [9.17, 15) is 8.42 Å². The zero-order valence-corrected chi connectivity index (χ0v) is 13.8. The summed E-state index contributed by atoms with van der Waals surface area (Å²) in [4.78, 5) is 1.74. The summed E-state index contributed by atoms with van der Waals surface area (Å²) in [5.74, 6) is 1.44. The minimum absolute atomic E-state index is 0.0448. The summed E-state index contributed by atoms with van der Waals surface area (Å²) < 4.78 is 22.3. The summed E-state index contributed by atoms with van der Waals surface area (Å²) in [5.41, 5.74) is 6.41. The summed E-state index contributed by atoms with van der Waals surface area (Å²) in [5, 5.41) is 12.0. The fraction of sp³-hybridized carbons (Fsp3) is 0.417. The zero-order chi connectivity index (χ0) is 15.2. The monoisotopic (exact) mass is 334 g/mol. The molecular weight excluding hydrogens is 316 g/mol. The van der Waals surface area contributed by atoms with Crippen molar-refractivity contribution in [3.8, 4) is 0 Å². The molecule has 0 atom stereocenters. The molecule has 0 aliphatic carbocycles. The number of nitrogens with two attached hydrogens (primary N) is 1. The highest BCUT2D eigenvalue weighted by atomic mass is 32.2. The maximum absolute atomic E-state index is 11.2. The van der Waals surface area contributed by atoms with Gasteiger partial charge in [-0.1, -0.05) is 18.1 Å². The third kappa shape index (κ3) is 5.26. The molecule has 1 rings (SSSR count). The lowest BCUT2D eigenvalue weighted by atomic mass is 10.2. The molecule has 0 saturated carbocycles. The van der Waals surface area contributed by atoms with Gasteiger partial charge in [0, 0.05) is 27.4 Å². The van der Waals surface area contributed by atoms with E-state index in [1.54, 1.807) is 11.8 Å². The van der Waals surface area contributed by atoms with Gasteiger partial charge in [-0.05, 0) is 17.9 Å². The Morgan fingerprint density at radius 1 is 1.35 bits per heavy atom. The number of oxime groups is 1. The highest BCUT2D eigenvalue weighted by Crippen LogP contribution is 2.31. The molecule has 0 amide bonds. The minimum Gasteiger partial charge on any atom is -0.409 e. The van der Waals surface area contributed by atoms with Crippen LogP contribution in [0.25, 0.3) is 0 Å². The Hall–Kier alpha value is -0.860. The molecule has 112 valence electrons. The second kappa shape index (κ2) is 7.80. The van der Waals surface area contributed by atoms with Gasteiger partial charge in [0.15, 0.2) is 5.84 Å². The van der Waals surface area contributed by atoms with Crippen LogP contribution in [0.1, 0.15) is 12.5 Å². The molecule has 1 aromatic carbocycles. The first kappa shape index (κ1) is 17.2. The van der Waals surface area contributed by atoms with Gasteiger partial charge in [-0.3, -0.25) is 0 Å². The molecule has 0 aliphatic rings. The van der Waals surface area contributed by atoms with E-state index >= 15 is 0 Å². The van der Waals surface area contributed by atoms with E-state index < -0.39 is 9.84 Å². The van der Waals surface area contributed by atoms with E-state index in [1.165, 1.54) is 18.0 Å². The topological polar surface area (TPSA) is 92.8 Å². The van der Waals surface area contributed by atoms with Gasteiger partial charge in [0.2, 0.25) is 0 Å². The van der Waals surface area contributed by atoms with E-state index in [1.807, 2.05) is 25.1 Å². The van der Waals surface area contributed by atoms with E-state index in [0.29, 0.717) is 11.3 Å². The van der Waals surface area contributed by atoms with Crippen molar-refractivity contribution in [3.63, 3.8) is 0 Å². The Morgan fingerprint density at radius 2 is 1.95 bits per heavy atom. The van der Waals surface area contributed by atoms with Crippen LogP contribution in [-0.2, 0) is 9.84 Å². The number of sulfone groups is 1. The van der Waals surface area contributed by atoms with Crippen LogP contribution in [0.4, 0.5) is 0 Å². The molecule has 0 unspecified atom stereocenters. The van der Waals surface area contributed by atoms with Gasteiger partial charge in [0.25, 0.3) is 0 Å². The Labute approximate surface area is 127 Å². The lowest BCUT2D eigenvalue weighted by molar-refractivity contribution is 0.318. The average Bonchev–Trinajstić information content (AvgIpc) is 2.37. The maximum Gasteiger partial charge on any atom is 0.172 e. The molecule has 1 aromatic rings. The fourth-order valence-corrected chi connectivity index (χ4v) is 4.72. The summed E-state index contributed by atoms with van der Waals surface area (Å²) in [7, 11) is -2.99. The molecule has 0 heterocycles. The number of benzene rings is 1. The summed E-state index contributed by atoms with van der Waals surface area (Å²) in [6.45, 7) is 2.02. The van der Waals surface area contributed by atoms with E-state index in [-0.39, 0.29) is 11.6 Å². The Balaban J connectivity index is 3.03. The molecule has 3 N–H and O–H groups in total. The largest absolute Gasteiger partial charge is 0.409 e. The molecule has 20 heavy (non-hydrogen) atoms. The first-order valence-corrected chi connectivity index (χ1v) is 9.96. The number of thioether (sulfide) groups is 2. The third-order valence-corrected chi connectivity index (χ3v) is 5.57. The molecular formula is C12H18N2O3S3.